The first-order valence-corrected chi connectivity index (χ1v) is 20.2. The standard InChI is InChI=1S/C40H48F2N12O4/c1-49(25-11-14-51(15-12-25)27-7-8-28-32(19-27)50(2)47-35(28)29-9-10-34(55)46-39(29)56)21-24-3-5-26(6-4-24)54-22-31(36(48-54)37(41)42)44-40(57)30-20-43-53-16-13-33(45-38(30)53)52-17-18-58-23-52/h7-8,13,16,19-20,22,24-26,29,37H,3-6,9-12,14-15,17-18,21,23H2,1-2H3,(H,44,57)(H,46,55,56). The minimum atomic E-state index is -2.85. The van der Waals surface area contributed by atoms with Gasteiger partial charge in [0.1, 0.15) is 18.1 Å². The molecule has 1 unspecified atom stereocenters. The minimum absolute atomic E-state index is 0.00568. The van der Waals surface area contributed by atoms with Gasteiger partial charge in [-0.1, -0.05) is 0 Å². The van der Waals surface area contributed by atoms with E-state index < -0.39 is 23.9 Å². The highest BCUT2D eigenvalue weighted by Crippen LogP contribution is 2.37. The van der Waals surface area contributed by atoms with Crippen LogP contribution in [0.5, 0.6) is 0 Å². The predicted molar refractivity (Wildman–Crippen MR) is 211 cm³/mol. The molecule has 0 spiro atoms. The lowest BCUT2D eigenvalue weighted by molar-refractivity contribution is -0.134. The Bertz CT molecular complexity index is 2340. The van der Waals surface area contributed by atoms with E-state index in [2.05, 4.69) is 60.9 Å². The number of carbonyl (C=O) groups is 3. The lowest BCUT2D eigenvalue weighted by atomic mass is 9.85. The van der Waals surface area contributed by atoms with Crippen LogP contribution in [0.25, 0.3) is 16.6 Å². The van der Waals surface area contributed by atoms with Gasteiger partial charge in [0, 0.05) is 69.2 Å². The van der Waals surface area contributed by atoms with Crippen LogP contribution in [0.1, 0.15) is 91.5 Å². The largest absolute Gasteiger partial charge is 0.371 e. The van der Waals surface area contributed by atoms with Crippen molar-refractivity contribution in [3.05, 3.63) is 59.8 Å². The van der Waals surface area contributed by atoms with Gasteiger partial charge in [-0.05, 0) is 82.2 Å². The maximum Gasteiger partial charge on any atom is 0.284 e. The van der Waals surface area contributed by atoms with E-state index in [0.717, 1.165) is 80.4 Å². The fourth-order valence-corrected chi connectivity index (χ4v) is 9.23. The summed E-state index contributed by atoms with van der Waals surface area (Å²) in [5.41, 5.74) is 2.88. The second kappa shape index (κ2) is 15.7. The molecule has 4 fully saturated rings. The monoisotopic (exact) mass is 798 g/mol. The number of piperidine rings is 2. The van der Waals surface area contributed by atoms with Crippen LogP contribution in [0.3, 0.4) is 0 Å². The Balaban J connectivity index is 0.780. The van der Waals surface area contributed by atoms with Crippen LogP contribution in [0.4, 0.5) is 26.0 Å². The maximum absolute atomic E-state index is 14.2. The van der Waals surface area contributed by atoms with Gasteiger partial charge < -0.3 is 24.8 Å². The van der Waals surface area contributed by atoms with Gasteiger partial charge >= 0.3 is 0 Å². The smallest absolute Gasteiger partial charge is 0.284 e. The van der Waals surface area contributed by atoms with Crippen LogP contribution in [0.2, 0.25) is 0 Å². The average Bonchev–Trinajstić information content (AvgIpc) is 4.05. The quantitative estimate of drug-likeness (QED) is 0.190. The summed E-state index contributed by atoms with van der Waals surface area (Å²) in [7, 11) is 4.11. The van der Waals surface area contributed by atoms with Crippen LogP contribution in [-0.2, 0) is 21.4 Å². The number of aromatic nitrogens is 7. The van der Waals surface area contributed by atoms with Crippen LogP contribution < -0.4 is 20.4 Å². The molecule has 3 saturated heterocycles. The number of imide groups is 1. The molecule has 16 nitrogen and oxygen atoms in total. The van der Waals surface area contributed by atoms with Gasteiger partial charge in [-0.2, -0.15) is 15.3 Å². The van der Waals surface area contributed by atoms with E-state index >= 15 is 0 Å². The van der Waals surface area contributed by atoms with Crippen LogP contribution in [0, 0.1) is 5.92 Å². The molecule has 9 rings (SSSR count). The molecule has 2 N–H and O–H groups in total. The van der Waals surface area contributed by atoms with Crippen LogP contribution in [0.15, 0.2) is 42.9 Å². The summed E-state index contributed by atoms with van der Waals surface area (Å²) in [4.78, 5) is 49.1. The molecule has 3 amide bonds. The maximum atomic E-state index is 14.2. The first-order valence-electron chi connectivity index (χ1n) is 20.2. The lowest BCUT2D eigenvalue weighted by Gasteiger charge is -2.40. The summed E-state index contributed by atoms with van der Waals surface area (Å²) < 4.78 is 38.8. The molecule has 1 aromatic carbocycles. The van der Waals surface area contributed by atoms with Crippen molar-refractivity contribution in [1.82, 2.24) is 44.4 Å². The van der Waals surface area contributed by atoms with Crippen molar-refractivity contribution < 1.29 is 27.9 Å². The molecule has 1 atom stereocenters. The SMILES string of the molecule is CN(CC1CCC(n2cc(NC(=O)c3cnn4ccc(N5CCOC5)nc34)c(C(F)F)n2)CC1)C1CCN(c2ccc3c(C4CCC(=O)NC4=O)nn(C)c3c2)CC1. The average molecular weight is 799 g/mol. The highest BCUT2D eigenvalue weighted by atomic mass is 19.3. The van der Waals surface area contributed by atoms with E-state index in [1.807, 2.05) is 16.6 Å². The zero-order chi connectivity index (χ0) is 40.1. The van der Waals surface area contributed by atoms with Crippen LogP contribution in [-0.4, -0.2) is 109 Å². The normalized spacial score (nSPS) is 22.2. The first kappa shape index (κ1) is 38.1. The van der Waals surface area contributed by atoms with E-state index in [1.165, 1.54) is 10.7 Å². The fraction of sp³-hybridized carbons (Fsp3) is 0.525. The molecule has 7 heterocycles. The third-order valence-corrected chi connectivity index (χ3v) is 12.5. The van der Waals surface area contributed by atoms with Crippen molar-refractivity contribution in [1.29, 1.82) is 0 Å². The van der Waals surface area contributed by atoms with Crippen molar-refractivity contribution in [3.63, 3.8) is 0 Å². The molecule has 3 aliphatic heterocycles. The van der Waals surface area contributed by atoms with Crippen LogP contribution >= 0.6 is 0 Å². The Morgan fingerprint density at radius 1 is 1.03 bits per heavy atom. The van der Waals surface area contributed by atoms with Crippen molar-refractivity contribution in [2.45, 2.75) is 75.8 Å². The third-order valence-electron chi connectivity index (χ3n) is 12.5. The summed E-state index contributed by atoms with van der Waals surface area (Å²) in [6.07, 6.45) is 8.21. The number of hydrogen-bond donors (Lipinski definition) is 2. The Morgan fingerprint density at radius 2 is 1.84 bits per heavy atom. The van der Waals surface area contributed by atoms with Gasteiger partial charge in [-0.25, -0.2) is 18.3 Å². The number of amides is 3. The molecular formula is C40H48F2N12O4. The number of benzene rings is 1. The molecule has 0 bridgehead atoms. The minimum Gasteiger partial charge on any atom is -0.371 e. The number of nitrogens with one attached hydrogen (secondary N) is 2. The third kappa shape index (κ3) is 7.38. The van der Waals surface area contributed by atoms with Gasteiger partial charge in [0.15, 0.2) is 11.3 Å². The summed E-state index contributed by atoms with van der Waals surface area (Å²) in [5, 5.41) is 19.3. The number of rotatable bonds is 10. The fourth-order valence-electron chi connectivity index (χ4n) is 9.23. The Hall–Kier alpha value is -5.49. The molecule has 1 saturated carbocycles. The molecular weight excluding hydrogens is 751 g/mol. The van der Waals surface area contributed by atoms with Crippen molar-refractivity contribution >= 4 is 51.5 Å². The zero-order valence-electron chi connectivity index (χ0n) is 32.7. The van der Waals surface area contributed by atoms with E-state index in [-0.39, 0.29) is 29.1 Å². The Kier molecular flexibility index (Phi) is 10.3. The molecule has 306 valence electrons. The number of hydrogen-bond acceptors (Lipinski definition) is 11. The van der Waals surface area contributed by atoms with Gasteiger partial charge in [0.05, 0.1) is 41.7 Å². The molecule has 1 aliphatic carbocycles. The summed E-state index contributed by atoms with van der Waals surface area (Å²) in [6, 6.07) is 8.55. The van der Waals surface area contributed by atoms with Gasteiger partial charge in [0.25, 0.3) is 12.3 Å². The molecule has 4 aromatic heterocycles. The molecule has 0 radical (unpaired) electrons. The summed E-state index contributed by atoms with van der Waals surface area (Å²) in [5.74, 6) is -0.371. The van der Waals surface area contributed by atoms with E-state index in [9.17, 15) is 23.2 Å². The van der Waals surface area contributed by atoms with Gasteiger partial charge in [0.2, 0.25) is 11.8 Å². The number of anilines is 3. The van der Waals surface area contributed by atoms with Gasteiger partial charge in [-0.3, -0.25) is 29.1 Å². The predicted octanol–water partition coefficient (Wildman–Crippen LogP) is 4.65. The molecule has 18 heteroatoms. The number of halogens is 2. The first-order chi connectivity index (χ1) is 28.1. The van der Waals surface area contributed by atoms with Crippen molar-refractivity contribution in [2.24, 2.45) is 13.0 Å². The van der Waals surface area contributed by atoms with E-state index in [0.29, 0.717) is 56.1 Å². The second-order valence-electron chi connectivity index (χ2n) is 16.1. The second-order valence-corrected chi connectivity index (χ2v) is 16.1. The highest BCUT2D eigenvalue weighted by molar-refractivity contribution is 6.08. The number of nitrogens with zero attached hydrogens (tertiary/aromatic N) is 10. The number of carbonyl (C=O) groups excluding carboxylic acids is 3. The molecule has 58 heavy (non-hydrogen) atoms. The Labute approximate surface area is 333 Å². The molecule has 4 aliphatic rings. The summed E-state index contributed by atoms with van der Waals surface area (Å²) in [6.45, 7) is 4.51. The summed E-state index contributed by atoms with van der Waals surface area (Å²) >= 11 is 0. The van der Waals surface area contributed by atoms with E-state index in [1.54, 1.807) is 23.1 Å². The van der Waals surface area contributed by atoms with Crippen molar-refractivity contribution in [3.8, 4) is 0 Å². The number of alkyl halides is 2. The van der Waals surface area contributed by atoms with Crippen molar-refractivity contribution in [2.75, 3.05) is 61.7 Å². The highest BCUT2D eigenvalue weighted by Gasteiger charge is 2.33. The number of fused-ring (bicyclic) bond motifs is 2. The van der Waals surface area contributed by atoms with E-state index in [4.69, 9.17) is 9.84 Å². The lowest BCUT2D eigenvalue weighted by Crippen LogP contribution is -2.45. The number of ether oxygens (including phenoxy) is 1. The number of aryl methyl sites for hydroxylation is 1. The van der Waals surface area contributed by atoms with Gasteiger partial charge in [-0.15, -0.1) is 0 Å². The molecule has 5 aromatic rings. The zero-order valence-corrected chi connectivity index (χ0v) is 32.7. The Morgan fingerprint density at radius 3 is 2.59 bits per heavy atom. The topological polar surface area (TPSA) is 160 Å².